The average Bonchev–Trinajstić information content (AvgIpc) is 2.25. The molecule has 0 radical (unpaired) electrons. The number of nitrogens with zero attached hydrogens (tertiary/aromatic N) is 2. The van der Waals surface area contributed by atoms with Gasteiger partial charge in [-0.2, -0.15) is 5.26 Å². The zero-order valence-corrected chi connectivity index (χ0v) is 9.40. The van der Waals surface area contributed by atoms with E-state index >= 15 is 0 Å². The van der Waals surface area contributed by atoms with Crippen LogP contribution in [0.15, 0.2) is 18.2 Å². The quantitative estimate of drug-likeness (QED) is 0.828. The topological polar surface area (TPSA) is 64.3 Å². The maximum atomic E-state index is 10.9. The Bertz CT molecular complexity index is 433. The summed E-state index contributed by atoms with van der Waals surface area (Å²) < 4.78 is 0. The Labute approximate surface area is 94.7 Å². The number of nitriles is 1. The molecule has 0 spiro atoms. The predicted octanol–water partition coefficient (Wildman–Crippen LogP) is 1.36. The van der Waals surface area contributed by atoms with E-state index in [4.69, 9.17) is 10.4 Å². The van der Waals surface area contributed by atoms with Gasteiger partial charge in [0.1, 0.15) is 6.07 Å². The van der Waals surface area contributed by atoms with E-state index in [-0.39, 0.29) is 11.1 Å². The fourth-order valence-corrected chi connectivity index (χ4v) is 1.46. The fourth-order valence-electron chi connectivity index (χ4n) is 1.46. The molecular weight excluding hydrogens is 204 g/mol. The van der Waals surface area contributed by atoms with Gasteiger partial charge in [-0.05, 0) is 32.1 Å². The minimum absolute atomic E-state index is 0.0822. The lowest BCUT2D eigenvalue weighted by Crippen LogP contribution is -2.16. The fraction of sp³-hybridized carbons (Fsp3) is 0.333. The number of benzene rings is 1. The van der Waals surface area contributed by atoms with Gasteiger partial charge in [0.05, 0.1) is 11.1 Å². The van der Waals surface area contributed by atoms with E-state index < -0.39 is 5.97 Å². The van der Waals surface area contributed by atoms with E-state index in [0.717, 1.165) is 12.1 Å². The normalized spacial score (nSPS) is 10.1. The highest BCUT2D eigenvalue weighted by Gasteiger charge is 2.13. The first-order valence-corrected chi connectivity index (χ1v) is 4.96. The molecule has 0 aliphatic heterocycles. The molecule has 84 valence electrons. The molecule has 0 heterocycles. The van der Waals surface area contributed by atoms with Crippen molar-refractivity contribution in [1.29, 1.82) is 5.26 Å². The summed E-state index contributed by atoms with van der Waals surface area (Å²) in [6, 6.07) is 6.90. The molecule has 0 aliphatic rings. The Kier molecular flexibility index (Phi) is 4.03. The Morgan fingerprint density at radius 1 is 1.50 bits per heavy atom. The molecule has 4 heteroatoms. The molecule has 0 amide bonds. The Morgan fingerprint density at radius 3 is 2.69 bits per heavy atom. The first kappa shape index (κ1) is 12.2. The second-order valence-corrected chi connectivity index (χ2v) is 3.81. The van der Waals surface area contributed by atoms with Gasteiger partial charge in [0.15, 0.2) is 0 Å². The van der Waals surface area contributed by atoms with Crippen molar-refractivity contribution in [3.05, 3.63) is 34.9 Å². The summed E-state index contributed by atoms with van der Waals surface area (Å²) in [4.78, 5) is 12.9. The first-order chi connectivity index (χ1) is 7.56. The molecule has 1 aromatic carbocycles. The lowest BCUT2D eigenvalue weighted by atomic mass is 9.99. The Hall–Kier alpha value is -1.86. The zero-order chi connectivity index (χ0) is 12.1. The minimum atomic E-state index is -1.05. The summed E-state index contributed by atoms with van der Waals surface area (Å²) in [7, 11) is 3.88. The number of rotatable bonds is 4. The lowest BCUT2D eigenvalue weighted by molar-refractivity contribution is 0.0696. The summed E-state index contributed by atoms with van der Waals surface area (Å²) in [5, 5.41) is 17.9. The molecule has 0 saturated carbocycles. The molecule has 1 N–H and O–H groups in total. The second kappa shape index (κ2) is 5.29. The summed E-state index contributed by atoms with van der Waals surface area (Å²) in [5.41, 5.74) is 1.15. The van der Waals surface area contributed by atoms with Crippen LogP contribution in [0.1, 0.15) is 21.5 Å². The van der Waals surface area contributed by atoms with Gasteiger partial charge >= 0.3 is 5.97 Å². The van der Waals surface area contributed by atoms with Crippen molar-refractivity contribution in [1.82, 2.24) is 4.90 Å². The van der Waals surface area contributed by atoms with Crippen molar-refractivity contribution in [3.8, 4) is 6.07 Å². The number of carboxylic acid groups (broad SMARTS) is 1. The molecule has 0 unspecified atom stereocenters. The Morgan fingerprint density at radius 2 is 2.19 bits per heavy atom. The number of hydrogen-bond acceptors (Lipinski definition) is 3. The molecule has 1 aromatic rings. The molecule has 1 rings (SSSR count). The van der Waals surface area contributed by atoms with Crippen LogP contribution in [0.2, 0.25) is 0 Å². The molecule has 0 atom stereocenters. The predicted molar refractivity (Wildman–Crippen MR) is 60.4 cm³/mol. The number of likely N-dealkylation sites (N-methyl/N-ethyl adjacent to an activating group) is 1. The monoisotopic (exact) mass is 218 g/mol. The van der Waals surface area contributed by atoms with Crippen molar-refractivity contribution in [2.75, 3.05) is 20.6 Å². The van der Waals surface area contributed by atoms with Crippen LogP contribution in [0, 0.1) is 11.3 Å². The van der Waals surface area contributed by atoms with Crippen LogP contribution in [0.25, 0.3) is 0 Å². The van der Waals surface area contributed by atoms with Crippen molar-refractivity contribution in [3.63, 3.8) is 0 Å². The molecule has 0 bridgehead atoms. The average molecular weight is 218 g/mol. The van der Waals surface area contributed by atoms with Crippen LogP contribution in [-0.4, -0.2) is 36.6 Å². The van der Waals surface area contributed by atoms with Gasteiger partial charge in [-0.25, -0.2) is 4.79 Å². The third kappa shape index (κ3) is 2.81. The molecule has 0 aromatic heterocycles. The maximum Gasteiger partial charge on any atom is 0.337 e. The summed E-state index contributed by atoms with van der Waals surface area (Å²) in [5.74, 6) is -1.05. The molecule has 4 nitrogen and oxygen atoms in total. The summed E-state index contributed by atoms with van der Waals surface area (Å²) in [6.45, 7) is 0.789. The SMILES string of the molecule is CN(C)CCc1cccc(C(=O)O)c1C#N. The van der Waals surface area contributed by atoms with Gasteiger partial charge in [0.2, 0.25) is 0 Å². The van der Waals surface area contributed by atoms with E-state index in [1.165, 1.54) is 6.07 Å². The number of aromatic carboxylic acids is 1. The maximum absolute atomic E-state index is 10.9. The van der Waals surface area contributed by atoms with Crippen LogP contribution in [0.3, 0.4) is 0 Å². The van der Waals surface area contributed by atoms with E-state index in [1.807, 2.05) is 25.1 Å². The minimum Gasteiger partial charge on any atom is -0.478 e. The van der Waals surface area contributed by atoms with Crippen molar-refractivity contribution in [2.24, 2.45) is 0 Å². The van der Waals surface area contributed by atoms with E-state index in [1.54, 1.807) is 12.1 Å². The molecule has 0 aliphatic carbocycles. The molecule has 0 saturated heterocycles. The second-order valence-electron chi connectivity index (χ2n) is 3.81. The third-order valence-corrected chi connectivity index (χ3v) is 2.32. The smallest absolute Gasteiger partial charge is 0.337 e. The number of hydrogen-bond donors (Lipinski definition) is 1. The zero-order valence-electron chi connectivity index (χ0n) is 9.40. The van der Waals surface area contributed by atoms with E-state index in [2.05, 4.69) is 0 Å². The van der Waals surface area contributed by atoms with Crippen LogP contribution in [0.4, 0.5) is 0 Å². The Balaban J connectivity index is 3.06. The molecular formula is C12H14N2O2. The lowest BCUT2D eigenvalue weighted by Gasteiger charge is -2.11. The van der Waals surface area contributed by atoms with Gasteiger partial charge in [-0.3, -0.25) is 0 Å². The largest absolute Gasteiger partial charge is 0.478 e. The van der Waals surface area contributed by atoms with Gasteiger partial charge in [-0.15, -0.1) is 0 Å². The van der Waals surface area contributed by atoms with Crippen LogP contribution < -0.4 is 0 Å². The molecule has 16 heavy (non-hydrogen) atoms. The van der Waals surface area contributed by atoms with Crippen molar-refractivity contribution < 1.29 is 9.90 Å². The van der Waals surface area contributed by atoms with E-state index in [0.29, 0.717) is 6.42 Å². The van der Waals surface area contributed by atoms with Crippen molar-refractivity contribution in [2.45, 2.75) is 6.42 Å². The highest BCUT2D eigenvalue weighted by atomic mass is 16.4. The van der Waals surface area contributed by atoms with Crippen molar-refractivity contribution >= 4 is 5.97 Å². The van der Waals surface area contributed by atoms with Crippen LogP contribution in [0.5, 0.6) is 0 Å². The van der Waals surface area contributed by atoms with Gasteiger partial charge in [0.25, 0.3) is 0 Å². The number of carbonyl (C=O) groups is 1. The first-order valence-electron chi connectivity index (χ1n) is 4.96. The van der Waals surface area contributed by atoms with E-state index in [9.17, 15) is 4.79 Å². The van der Waals surface area contributed by atoms with Gasteiger partial charge in [-0.1, -0.05) is 12.1 Å². The molecule has 0 fully saturated rings. The number of carboxylic acids is 1. The summed E-state index contributed by atoms with van der Waals surface area (Å²) in [6.07, 6.45) is 0.678. The third-order valence-electron chi connectivity index (χ3n) is 2.32. The van der Waals surface area contributed by atoms with Gasteiger partial charge in [0, 0.05) is 6.54 Å². The standard InChI is InChI=1S/C12H14N2O2/c1-14(2)7-6-9-4-3-5-10(12(15)16)11(9)8-13/h3-5H,6-7H2,1-2H3,(H,15,16). The van der Waals surface area contributed by atoms with Crippen LogP contribution >= 0.6 is 0 Å². The van der Waals surface area contributed by atoms with Crippen LogP contribution in [-0.2, 0) is 6.42 Å². The van der Waals surface area contributed by atoms with Gasteiger partial charge < -0.3 is 10.0 Å². The highest BCUT2D eigenvalue weighted by Crippen LogP contribution is 2.14. The highest BCUT2D eigenvalue weighted by molar-refractivity contribution is 5.91. The summed E-state index contributed by atoms with van der Waals surface area (Å²) >= 11 is 0.